The molecule has 0 atom stereocenters. The third kappa shape index (κ3) is 5.10. The molecule has 0 unspecified atom stereocenters. The van der Waals surface area contributed by atoms with Crippen LogP contribution in [-0.4, -0.2) is 38.6 Å². The standard InChI is InChI=1S/C24H23FN4O3S/c1-16-7-9-17(10-8-16)23-28-20-6-4-3-5-19(20)24(29-23)26-13-14-27-33(30,31)22-12-11-18(25)15-21(22)32-2/h3-12,15,27H,13-14H2,1-2H3,(H,26,28,29). The maximum atomic E-state index is 13.4. The van der Waals surface area contributed by atoms with Gasteiger partial charge < -0.3 is 10.1 Å². The molecule has 0 aliphatic heterocycles. The van der Waals surface area contributed by atoms with E-state index in [1.165, 1.54) is 13.2 Å². The largest absolute Gasteiger partial charge is 0.495 e. The van der Waals surface area contributed by atoms with Gasteiger partial charge in [-0.2, -0.15) is 0 Å². The molecule has 2 N–H and O–H groups in total. The lowest BCUT2D eigenvalue weighted by Gasteiger charge is -2.13. The first-order valence-corrected chi connectivity index (χ1v) is 11.8. The van der Waals surface area contributed by atoms with E-state index >= 15 is 0 Å². The average Bonchev–Trinajstić information content (AvgIpc) is 2.81. The van der Waals surface area contributed by atoms with Gasteiger partial charge in [0.25, 0.3) is 0 Å². The van der Waals surface area contributed by atoms with Crippen LogP contribution in [0.25, 0.3) is 22.3 Å². The summed E-state index contributed by atoms with van der Waals surface area (Å²) in [5.74, 6) is 0.551. The molecule has 170 valence electrons. The van der Waals surface area contributed by atoms with Crippen molar-refractivity contribution in [3.8, 4) is 17.1 Å². The third-order valence-electron chi connectivity index (χ3n) is 5.04. The molecular weight excluding hydrogens is 443 g/mol. The highest BCUT2D eigenvalue weighted by Crippen LogP contribution is 2.26. The van der Waals surface area contributed by atoms with Gasteiger partial charge in [-0.3, -0.25) is 0 Å². The van der Waals surface area contributed by atoms with E-state index in [1.54, 1.807) is 0 Å². The molecule has 4 rings (SSSR count). The van der Waals surface area contributed by atoms with Crippen LogP contribution in [0.15, 0.2) is 71.6 Å². The first-order valence-electron chi connectivity index (χ1n) is 10.3. The minimum atomic E-state index is -3.89. The van der Waals surface area contributed by atoms with Crippen LogP contribution < -0.4 is 14.8 Å². The number of nitrogens with zero attached hydrogens (tertiary/aromatic N) is 2. The fourth-order valence-corrected chi connectivity index (χ4v) is 4.53. The number of sulfonamides is 1. The monoisotopic (exact) mass is 466 g/mol. The fraction of sp³-hybridized carbons (Fsp3) is 0.167. The number of fused-ring (bicyclic) bond motifs is 1. The Morgan fingerprint density at radius 1 is 0.970 bits per heavy atom. The summed E-state index contributed by atoms with van der Waals surface area (Å²) in [6, 6.07) is 18.8. The summed E-state index contributed by atoms with van der Waals surface area (Å²) in [7, 11) is -2.59. The summed E-state index contributed by atoms with van der Waals surface area (Å²) in [4.78, 5) is 9.21. The number of hydrogen-bond donors (Lipinski definition) is 2. The van der Waals surface area contributed by atoms with Gasteiger partial charge in [-0.1, -0.05) is 42.0 Å². The zero-order valence-corrected chi connectivity index (χ0v) is 19.0. The number of hydrogen-bond acceptors (Lipinski definition) is 6. The Labute approximate surface area is 191 Å². The number of para-hydroxylation sites is 1. The van der Waals surface area contributed by atoms with E-state index in [0.717, 1.165) is 34.2 Å². The van der Waals surface area contributed by atoms with Crippen molar-refractivity contribution in [3.05, 3.63) is 78.1 Å². The lowest BCUT2D eigenvalue weighted by molar-refractivity contribution is 0.398. The zero-order valence-electron chi connectivity index (χ0n) is 18.2. The number of aromatic nitrogens is 2. The van der Waals surface area contributed by atoms with Crippen LogP contribution in [0.2, 0.25) is 0 Å². The Morgan fingerprint density at radius 2 is 1.73 bits per heavy atom. The SMILES string of the molecule is COc1cc(F)ccc1S(=O)(=O)NCCNc1nc(-c2ccc(C)cc2)nc2ccccc12. The molecule has 0 aliphatic rings. The van der Waals surface area contributed by atoms with Crippen LogP contribution in [-0.2, 0) is 10.0 Å². The quantitative estimate of drug-likeness (QED) is 0.379. The lowest BCUT2D eigenvalue weighted by Crippen LogP contribution is -2.29. The van der Waals surface area contributed by atoms with Gasteiger partial charge in [-0.25, -0.2) is 27.5 Å². The number of methoxy groups -OCH3 is 1. The number of rotatable bonds is 8. The number of benzene rings is 3. The van der Waals surface area contributed by atoms with E-state index in [0.29, 0.717) is 11.6 Å². The second-order valence-corrected chi connectivity index (χ2v) is 9.13. The van der Waals surface area contributed by atoms with E-state index in [-0.39, 0.29) is 23.7 Å². The van der Waals surface area contributed by atoms with Gasteiger partial charge in [-0.15, -0.1) is 0 Å². The second-order valence-electron chi connectivity index (χ2n) is 7.40. The zero-order chi connectivity index (χ0) is 23.4. The smallest absolute Gasteiger partial charge is 0.244 e. The molecule has 0 spiro atoms. The molecule has 3 aromatic carbocycles. The molecule has 0 saturated heterocycles. The number of halogens is 1. The molecule has 0 fully saturated rings. The van der Waals surface area contributed by atoms with E-state index in [9.17, 15) is 12.8 Å². The third-order valence-corrected chi connectivity index (χ3v) is 6.54. The van der Waals surface area contributed by atoms with Gasteiger partial charge in [0.15, 0.2) is 5.82 Å². The van der Waals surface area contributed by atoms with Crippen molar-refractivity contribution in [3.63, 3.8) is 0 Å². The van der Waals surface area contributed by atoms with Crippen molar-refractivity contribution in [1.82, 2.24) is 14.7 Å². The van der Waals surface area contributed by atoms with Gasteiger partial charge in [-0.05, 0) is 31.2 Å². The van der Waals surface area contributed by atoms with Crippen molar-refractivity contribution in [1.29, 1.82) is 0 Å². The van der Waals surface area contributed by atoms with Crippen molar-refractivity contribution < 1.29 is 17.5 Å². The van der Waals surface area contributed by atoms with Crippen LogP contribution in [0.3, 0.4) is 0 Å². The molecule has 0 aliphatic carbocycles. The van der Waals surface area contributed by atoms with E-state index in [1.807, 2.05) is 55.5 Å². The molecule has 33 heavy (non-hydrogen) atoms. The van der Waals surface area contributed by atoms with Crippen molar-refractivity contribution in [2.45, 2.75) is 11.8 Å². The van der Waals surface area contributed by atoms with Crippen LogP contribution in [0.1, 0.15) is 5.56 Å². The van der Waals surface area contributed by atoms with Crippen molar-refractivity contribution in [2.24, 2.45) is 0 Å². The predicted octanol–water partition coefficient (Wildman–Crippen LogP) is 4.14. The molecule has 1 heterocycles. The highest BCUT2D eigenvalue weighted by molar-refractivity contribution is 7.89. The van der Waals surface area contributed by atoms with Crippen LogP contribution in [0, 0.1) is 12.7 Å². The van der Waals surface area contributed by atoms with Crippen LogP contribution in [0.4, 0.5) is 10.2 Å². The first-order chi connectivity index (χ1) is 15.9. The van der Waals surface area contributed by atoms with E-state index < -0.39 is 15.8 Å². The second kappa shape index (κ2) is 9.51. The average molecular weight is 467 g/mol. The highest BCUT2D eigenvalue weighted by atomic mass is 32.2. The van der Waals surface area contributed by atoms with Gasteiger partial charge in [0.2, 0.25) is 10.0 Å². The highest BCUT2D eigenvalue weighted by Gasteiger charge is 2.19. The molecule has 0 saturated carbocycles. The van der Waals surface area contributed by atoms with Crippen LogP contribution in [0.5, 0.6) is 5.75 Å². The predicted molar refractivity (Wildman–Crippen MR) is 126 cm³/mol. The Bertz CT molecular complexity index is 1390. The molecule has 9 heteroatoms. The molecular formula is C24H23FN4O3S. The molecule has 1 aromatic heterocycles. The lowest BCUT2D eigenvalue weighted by atomic mass is 10.1. The summed E-state index contributed by atoms with van der Waals surface area (Å²) in [6.07, 6.45) is 0. The fourth-order valence-electron chi connectivity index (χ4n) is 3.35. The van der Waals surface area contributed by atoms with E-state index in [4.69, 9.17) is 4.74 Å². The normalized spacial score (nSPS) is 11.5. The minimum absolute atomic E-state index is 0.0556. The first kappa shape index (κ1) is 22.6. The summed E-state index contributed by atoms with van der Waals surface area (Å²) in [5.41, 5.74) is 2.81. The van der Waals surface area contributed by atoms with Crippen molar-refractivity contribution in [2.75, 3.05) is 25.5 Å². The van der Waals surface area contributed by atoms with Crippen LogP contribution >= 0.6 is 0 Å². The Hall–Kier alpha value is -3.56. The number of anilines is 1. The Balaban J connectivity index is 1.52. The maximum absolute atomic E-state index is 13.4. The minimum Gasteiger partial charge on any atom is -0.495 e. The van der Waals surface area contributed by atoms with E-state index in [2.05, 4.69) is 20.0 Å². The Kier molecular flexibility index (Phi) is 6.52. The summed E-state index contributed by atoms with van der Waals surface area (Å²) in [6.45, 7) is 2.37. The molecule has 7 nitrogen and oxygen atoms in total. The topological polar surface area (TPSA) is 93.2 Å². The summed E-state index contributed by atoms with van der Waals surface area (Å²) >= 11 is 0. The molecule has 0 amide bonds. The number of nitrogens with one attached hydrogen (secondary N) is 2. The van der Waals surface area contributed by atoms with Gasteiger partial charge in [0.1, 0.15) is 22.3 Å². The van der Waals surface area contributed by atoms with Gasteiger partial charge in [0, 0.05) is 30.1 Å². The molecule has 0 bridgehead atoms. The molecule has 4 aromatic rings. The van der Waals surface area contributed by atoms with Gasteiger partial charge >= 0.3 is 0 Å². The molecule has 0 radical (unpaired) electrons. The maximum Gasteiger partial charge on any atom is 0.244 e. The summed E-state index contributed by atoms with van der Waals surface area (Å²) < 4.78 is 46.2. The Morgan fingerprint density at radius 3 is 2.48 bits per heavy atom. The number of ether oxygens (including phenoxy) is 1. The summed E-state index contributed by atoms with van der Waals surface area (Å²) in [5, 5.41) is 4.03. The number of aryl methyl sites for hydroxylation is 1. The van der Waals surface area contributed by atoms with Crippen molar-refractivity contribution >= 4 is 26.7 Å². The van der Waals surface area contributed by atoms with Gasteiger partial charge in [0.05, 0.1) is 12.6 Å².